The Labute approximate surface area is 218 Å². The second-order valence-electron chi connectivity index (χ2n) is 11.1. The van der Waals surface area contributed by atoms with Gasteiger partial charge >= 0.3 is 0 Å². The molecule has 4 rings (SSSR count). The molecule has 2 heterocycles. The van der Waals surface area contributed by atoms with Crippen LogP contribution in [0.3, 0.4) is 0 Å². The van der Waals surface area contributed by atoms with E-state index in [0.717, 1.165) is 50.6 Å². The van der Waals surface area contributed by atoms with Crippen LogP contribution in [-0.4, -0.2) is 35.8 Å². The summed E-state index contributed by atoms with van der Waals surface area (Å²) in [6.45, 7) is 10.4. The molecular weight excluding hydrogens is 478 g/mol. The predicted molar refractivity (Wildman–Crippen MR) is 147 cm³/mol. The number of nitrogens with one attached hydrogen (secondary N) is 2. The van der Waals surface area contributed by atoms with Crippen molar-refractivity contribution < 1.29 is 9.59 Å². The smallest absolute Gasteiger partial charge is 0.258 e. The van der Waals surface area contributed by atoms with Gasteiger partial charge in [0.2, 0.25) is 5.91 Å². The fraction of sp³-hybridized carbons (Fsp3) is 0.571. The minimum atomic E-state index is -0.182. The molecule has 190 valence electrons. The van der Waals surface area contributed by atoms with E-state index < -0.39 is 0 Å². The highest BCUT2D eigenvalue weighted by molar-refractivity contribution is 7.17. The molecule has 0 unspecified atom stereocenters. The first-order valence-corrected chi connectivity index (χ1v) is 14.1. The van der Waals surface area contributed by atoms with Crippen molar-refractivity contribution in [2.75, 3.05) is 23.7 Å². The zero-order valence-electron chi connectivity index (χ0n) is 21.4. The maximum atomic E-state index is 13.5. The molecule has 2 N–H and O–H groups in total. The minimum absolute atomic E-state index is 0.0341. The normalized spacial score (nSPS) is 20.8. The van der Waals surface area contributed by atoms with E-state index in [1.807, 2.05) is 12.1 Å². The molecule has 0 radical (unpaired) electrons. The summed E-state index contributed by atoms with van der Waals surface area (Å²) in [6.07, 6.45) is 7.42. The maximum absolute atomic E-state index is 13.5. The third-order valence-corrected chi connectivity index (χ3v) is 9.02. The van der Waals surface area contributed by atoms with Crippen molar-refractivity contribution in [2.24, 2.45) is 11.3 Å². The molecule has 0 saturated carbocycles. The SMILES string of the molecule is CC[C@@H]1CCCCN1CC(=O)Nc1sc2c(c1C(=O)Nc1cccc(Cl)c1)CC[C@@H](C(C)(C)C)C2. The van der Waals surface area contributed by atoms with Gasteiger partial charge in [-0.3, -0.25) is 14.5 Å². The van der Waals surface area contributed by atoms with Gasteiger partial charge in [0.05, 0.1) is 12.1 Å². The average Bonchev–Trinajstić information content (AvgIpc) is 3.15. The highest BCUT2D eigenvalue weighted by Crippen LogP contribution is 2.44. The van der Waals surface area contributed by atoms with Crippen molar-refractivity contribution in [1.82, 2.24) is 4.90 Å². The van der Waals surface area contributed by atoms with E-state index in [4.69, 9.17) is 11.6 Å². The summed E-state index contributed by atoms with van der Waals surface area (Å²) in [6, 6.07) is 7.64. The van der Waals surface area contributed by atoms with Crippen molar-refractivity contribution in [2.45, 2.75) is 78.7 Å². The number of piperidine rings is 1. The first-order chi connectivity index (χ1) is 16.7. The monoisotopic (exact) mass is 515 g/mol. The molecule has 1 fully saturated rings. The van der Waals surface area contributed by atoms with Crippen LogP contribution in [0.4, 0.5) is 10.7 Å². The molecule has 35 heavy (non-hydrogen) atoms. The van der Waals surface area contributed by atoms with Crippen molar-refractivity contribution in [3.63, 3.8) is 0 Å². The number of hydrogen-bond acceptors (Lipinski definition) is 4. The number of hydrogen-bond donors (Lipinski definition) is 2. The molecule has 1 aliphatic heterocycles. The molecule has 2 aliphatic rings. The number of carbonyl (C=O) groups is 2. The van der Waals surface area contributed by atoms with Crippen LogP contribution in [0.15, 0.2) is 24.3 Å². The molecule has 1 aliphatic carbocycles. The van der Waals surface area contributed by atoms with Crippen molar-refractivity contribution in [1.29, 1.82) is 0 Å². The summed E-state index contributed by atoms with van der Waals surface area (Å²) >= 11 is 7.72. The first kappa shape index (κ1) is 26.2. The fourth-order valence-electron chi connectivity index (χ4n) is 5.49. The number of fused-ring (bicyclic) bond motifs is 1. The van der Waals surface area contributed by atoms with Gasteiger partial charge in [-0.15, -0.1) is 11.3 Å². The van der Waals surface area contributed by atoms with E-state index in [1.54, 1.807) is 23.5 Å². The Balaban J connectivity index is 1.59. The van der Waals surface area contributed by atoms with E-state index in [1.165, 1.54) is 11.3 Å². The summed E-state index contributed by atoms with van der Waals surface area (Å²) in [5.74, 6) is 0.339. The highest BCUT2D eigenvalue weighted by Gasteiger charge is 2.34. The standard InChI is InChI=1S/C28H38ClN3O2S/c1-5-21-11-6-7-14-32(21)17-24(33)31-27-25(26(34)30-20-10-8-9-19(29)16-20)22-13-12-18(28(2,3)4)15-23(22)35-27/h8-10,16,18,21H,5-7,11-15,17H2,1-4H3,(H,30,34)(H,31,33)/t18-,21-/m1/s1. The van der Waals surface area contributed by atoms with E-state index in [0.29, 0.717) is 39.8 Å². The lowest BCUT2D eigenvalue weighted by Crippen LogP contribution is -2.43. The average molecular weight is 516 g/mol. The molecular formula is C28H38ClN3O2S. The lowest BCUT2D eigenvalue weighted by atomic mass is 9.72. The van der Waals surface area contributed by atoms with Gasteiger partial charge in [0.15, 0.2) is 0 Å². The molecule has 1 aromatic carbocycles. The summed E-state index contributed by atoms with van der Waals surface area (Å²) in [4.78, 5) is 30.2. The Morgan fingerprint density at radius 3 is 2.69 bits per heavy atom. The number of carbonyl (C=O) groups excluding carboxylic acids is 2. The minimum Gasteiger partial charge on any atom is -0.322 e. The Kier molecular flexibility index (Phi) is 8.24. The van der Waals surface area contributed by atoms with Crippen LogP contribution in [-0.2, 0) is 17.6 Å². The molecule has 0 bridgehead atoms. The molecule has 0 spiro atoms. The van der Waals surface area contributed by atoms with E-state index in [2.05, 4.69) is 43.2 Å². The second-order valence-corrected chi connectivity index (χ2v) is 12.6. The number of anilines is 2. The van der Waals surface area contributed by atoms with Gasteiger partial charge in [0, 0.05) is 21.6 Å². The number of benzene rings is 1. The largest absolute Gasteiger partial charge is 0.322 e. The number of amides is 2. The van der Waals surface area contributed by atoms with Crippen LogP contribution >= 0.6 is 22.9 Å². The van der Waals surface area contributed by atoms with Crippen LogP contribution in [0, 0.1) is 11.3 Å². The lowest BCUT2D eigenvalue weighted by Gasteiger charge is -2.34. The van der Waals surface area contributed by atoms with Gasteiger partial charge in [-0.05, 0) is 80.2 Å². The van der Waals surface area contributed by atoms with Gasteiger partial charge in [0.25, 0.3) is 5.91 Å². The number of likely N-dealkylation sites (tertiary alicyclic amines) is 1. The van der Waals surface area contributed by atoms with Crippen LogP contribution in [0.2, 0.25) is 5.02 Å². The van der Waals surface area contributed by atoms with Gasteiger partial charge in [-0.25, -0.2) is 0 Å². The highest BCUT2D eigenvalue weighted by atomic mass is 35.5. The van der Waals surface area contributed by atoms with Gasteiger partial charge in [-0.1, -0.05) is 51.8 Å². The Bertz CT molecular complexity index is 1070. The van der Waals surface area contributed by atoms with Gasteiger partial charge < -0.3 is 10.6 Å². The molecule has 1 aromatic heterocycles. The number of halogens is 1. The van der Waals surface area contributed by atoms with E-state index in [9.17, 15) is 9.59 Å². The summed E-state index contributed by atoms with van der Waals surface area (Å²) < 4.78 is 0. The quantitative estimate of drug-likeness (QED) is 0.435. The lowest BCUT2D eigenvalue weighted by molar-refractivity contribution is -0.118. The Morgan fingerprint density at radius 2 is 1.97 bits per heavy atom. The first-order valence-electron chi connectivity index (χ1n) is 12.9. The zero-order valence-corrected chi connectivity index (χ0v) is 23.0. The van der Waals surface area contributed by atoms with Crippen LogP contribution in [0.5, 0.6) is 0 Å². The Hall–Kier alpha value is -1.89. The van der Waals surface area contributed by atoms with Crippen LogP contribution < -0.4 is 10.6 Å². The molecule has 7 heteroatoms. The summed E-state index contributed by atoms with van der Waals surface area (Å²) in [5.41, 5.74) is 2.57. The van der Waals surface area contributed by atoms with Gasteiger partial charge in [-0.2, -0.15) is 0 Å². The molecule has 2 amide bonds. The van der Waals surface area contributed by atoms with E-state index in [-0.39, 0.29) is 17.2 Å². The number of thiophene rings is 1. The van der Waals surface area contributed by atoms with Gasteiger partial charge in [0.1, 0.15) is 5.00 Å². The Morgan fingerprint density at radius 1 is 1.17 bits per heavy atom. The molecule has 5 nitrogen and oxygen atoms in total. The third kappa shape index (κ3) is 6.28. The van der Waals surface area contributed by atoms with Crippen molar-refractivity contribution in [3.8, 4) is 0 Å². The number of rotatable bonds is 6. The van der Waals surface area contributed by atoms with Crippen molar-refractivity contribution >= 4 is 45.4 Å². The molecule has 2 aromatic rings. The van der Waals surface area contributed by atoms with E-state index >= 15 is 0 Å². The predicted octanol–water partition coefficient (Wildman–Crippen LogP) is 7.01. The van der Waals surface area contributed by atoms with Crippen molar-refractivity contribution in [3.05, 3.63) is 45.3 Å². The summed E-state index contributed by atoms with van der Waals surface area (Å²) in [7, 11) is 0. The van der Waals surface area contributed by atoms with Crippen LogP contribution in [0.25, 0.3) is 0 Å². The zero-order chi connectivity index (χ0) is 25.2. The number of nitrogens with zero attached hydrogens (tertiary/aromatic N) is 1. The van der Waals surface area contributed by atoms with Crippen LogP contribution in [0.1, 0.15) is 80.6 Å². The maximum Gasteiger partial charge on any atom is 0.258 e. The summed E-state index contributed by atoms with van der Waals surface area (Å²) in [5, 5.41) is 7.40. The molecule has 1 saturated heterocycles. The second kappa shape index (κ2) is 11.0. The molecule has 2 atom stereocenters. The third-order valence-electron chi connectivity index (χ3n) is 7.62. The topological polar surface area (TPSA) is 61.4 Å². The fourth-order valence-corrected chi connectivity index (χ4v) is 7.03.